The highest BCUT2D eigenvalue weighted by Gasteiger charge is 2.17. The summed E-state index contributed by atoms with van der Waals surface area (Å²) in [6.07, 6.45) is 2.72. The second-order valence-electron chi connectivity index (χ2n) is 6.16. The maximum Gasteiger partial charge on any atom is 0.220 e. The minimum absolute atomic E-state index is 0.00911. The van der Waals surface area contributed by atoms with Gasteiger partial charge in [-0.25, -0.2) is 0 Å². The molecule has 1 amide bonds. The van der Waals surface area contributed by atoms with E-state index < -0.39 is 0 Å². The molecular formula is C19H25ClN2O3. The van der Waals surface area contributed by atoms with E-state index in [4.69, 9.17) is 20.8 Å². The van der Waals surface area contributed by atoms with Crippen molar-refractivity contribution in [2.24, 2.45) is 0 Å². The number of likely N-dealkylation sites (N-methyl/N-ethyl adjacent to an activating group) is 1. The van der Waals surface area contributed by atoms with Gasteiger partial charge in [-0.2, -0.15) is 0 Å². The van der Waals surface area contributed by atoms with Crippen LogP contribution in [0.3, 0.4) is 0 Å². The first-order chi connectivity index (χ1) is 12.0. The number of amides is 1. The van der Waals surface area contributed by atoms with Crippen LogP contribution in [-0.2, 0) is 4.79 Å². The molecule has 0 saturated heterocycles. The zero-order valence-corrected chi connectivity index (χ0v) is 15.7. The molecule has 0 aliphatic carbocycles. The zero-order valence-electron chi connectivity index (χ0n) is 14.9. The van der Waals surface area contributed by atoms with E-state index in [1.807, 2.05) is 50.2 Å². The topological polar surface area (TPSA) is 54.7 Å². The van der Waals surface area contributed by atoms with E-state index in [1.54, 1.807) is 12.3 Å². The fourth-order valence-electron chi connectivity index (χ4n) is 2.51. The second-order valence-corrected chi connectivity index (χ2v) is 6.60. The molecule has 1 aromatic carbocycles. The summed E-state index contributed by atoms with van der Waals surface area (Å²) in [6, 6.07) is 9.30. The number of benzene rings is 1. The van der Waals surface area contributed by atoms with E-state index in [0.717, 1.165) is 17.1 Å². The van der Waals surface area contributed by atoms with E-state index in [1.165, 1.54) is 0 Å². The van der Waals surface area contributed by atoms with Crippen LogP contribution in [-0.4, -0.2) is 38.1 Å². The minimum Gasteiger partial charge on any atom is -0.493 e. The number of rotatable bonds is 9. The molecule has 2 aromatic rings. The number of ether oxygens (including phenoxy) is 1. The molecule has 6 heteroatoms. The lowest BCUT2D eigenvalue weighted by Gasteiger charge is -2.22. The van der Waals surface area contributed by atoms with Crippen molar-refractivity contribution in [1.82, 2.24) is 10.2 Å². The SMILES string of the molecule is Cc1cc(Cl)ccc1OCCCC(=O)NC[C@@H](c1ccco1)N(C)C. The lowest BCUT2D eigenvalue weighted by molar-refractivity contribution is -0.121. The summed E-state index contributed by atoms with van der Waals surface area (Å²) in [5.74, 6) is 1.65. The van der Waals surface area contributed by atoms with Crippen LogP contribution < -0.4 is 10.1 Å². The van der Waals surface area contributed by atoms with Crippen LogP contribution in [0.2, 0.25) is 5.02 Å². The van der Waals surface area contributed by atoms with Crippen molar-refractivity contribution in [2.75, 3.05) is 27.2 Å². The Kier molecular flexibility index (Phi) is 7.34. The van der Waals surface area contributed by atoms with Crippen LogP contribution in [0.4, 0.5) is 0 Å². The van der Waals surface area contributed by atoms with Gasteiger partial charge in [-0.1, -0.05) is 11.6 Å². The van der Waals surface area contributed by atoms with Gasteiger partial charge < -0.3 is 14.5 Å². The van der Waals surface area contributed by atoms with Crippen LogP contribution in [0.1, 0.15) is 30.2 Å². The molecule has 0 saturated carbocycles. The largest absolute Gasteiger partial charge is 0.493 e. The van der Waals surface area contributed by atoms with Crippen molar-refractivity contribution in [3.05, 3.63) is 52.9 Å². The molecule has 1 atom stereocenters. The average Bonchev–Trinajstić information content (AvgIpc) is 3.07. The molecule has 0 unspecified atom stereocenters. The van der Waals surface area contributed by atoms with E-state index in [0.29, 0.717) is 31.0 Å². The summed E-state index contributed by atoms with van der Waals surface area (Å²) in [7, 11) is 3.92. The molecular weight excluding hydrogens is 340 g/mol. The smallest absolute Gasteiger partial charge is 0.220 e. The van der Waals surface area contributed by atoms with Crippen molar-refractivity contribution in [3.8, 4) is 5.75 Å². The molecule has 2 rings (SSSR count). The van der Waals surface area contributed by atoms with E-state index in [-0.39, 0.29) is 11.9 Å². The quantitative estimate of drug-likeness (QED) is 0.687. The third kappa shape index (κ3) is 6.11. The number of furan rings is 1. The van der Waals surface area contributed by atoms with Crippen molar-refractivity contribution >= 4 is 17.5 Å². The van der Waals surface area contributed by atoms with Crippen LogP contribution in [0.25, 0.3) is 0 Å². The Hall–Kier alpha value is -1.98. The standard InChI is InChI=1S/C19H25ClN2O3/c1-14-12-15(20)8-9-17(14)24-11-5-7-19(23)21-13-16(22(2)3)18-6-4-10-25-18/h4,6,8-10,12,16H,5,7,11,13H2,1-3H3,(H,21,23)/t16-/m0/s1. The third-order valence-electron chi connectivity index (χ3n) is 3.93. The number of hydrogen-bond acceptors (Lipinski definition) is 4. The normalized spacial score (nSPS) is 12.2. The Morgan fingerprint density at radius 2 is 2.16 bits per heavy atom. The van der Waals surface area contributed by atoms with Gasteiger partial charge in [0.05, 0.1) is 18.9 Å². The highest BCUT2D eigenvalue weighted by atomic mass is 35.5. The third-order valence-corrected chi connectivity index (χ3v) is 4.17. The highest BCUT2D eigenvalue weighted by molar-refractivity contribution is 6.30. The lowest BCUT2D eigenvalue weighted by atomic mass is 10.2. The molecule has 0 bridgehead atoms. The van der Waals surface area contributed by atoms with Crippen molar-refractivity contribution in [3.63, 3.8) is 0 Å². The van der Waals surface area contributed by atoms with Crippen LogP contribution in [0, 0.1) is 6.92 Å². The summed E-state index contributed by atoms with van der Waals surface area (Å²) >= 11 is 5.92. The Balaban J connectivity index is 1.70. The lowest BCUT2D eigenvalue weighted by Crippen LogP contribution is -2.34. The molecule has 0 radical (unpaired) electrons. The summed E-state index contributed by atoms with van der Waals surface area (Å²) < 4.78 is 11.1. The number of hydrogen-bond donors (Lipinski definition) is 1. The molecule has 5 nitrogen and oxygen atoms in total. The van der Waals surface area contributed by atoms with E-state index >= 15 is 0 Å². The Bertz CT molecular complexity index is 671. The predicted octanol–water partition coefficient (Wildman–Crippen LogP) is 3.82. The minimum atomic E-state index is 0.00911. The molecule has 136 valence electrons. The van der Waals surface area contributed by atoms with Crippen molar-refractivity contribution in [2.45, 2.75) is 25.8 Å². The van der Waals surface area contributed by atoms with Gasteiger partial charge in [0.15, 0.2) is 0 Å². The molecule has 25 heavy (non-hydrogen) atoms. The molecule has 1 heterocycles. The number of aryl methyl sites for hydroxylation is 1. The Morgan fingerprint density at radius 1 is 1.36 bits per heavy atom. The molecule has 1 N–H and O–H groups in total. The van der Waals surface area contributed by atoms with E-state index in [9.17, 15) is 4.79 Å². The van der Waals surface area contributed by atoms with Gasteiger partial charge in [0.1, 0.15) is 11.5 Å². The fourth-order valence-corrected chi connectivity index (χ4v) is 2.73. The maximum absolute atomic E-state index is 12.0. The molecule has 0 spiro atoms. The molecule has 1 aromatic heterocycles. The van der Waals surface area contributed by atoms with Gasteiger partial charge in [-0.3, -0.25) is 9.69 Å². The number of carbonyl (C=O) groups excluding carboxylic acids is 1. The molecule has 0 aliphatic heterocycles. The van der Waals surface area contributed by atoms with Crippen LogP contribution in [0.5, 0.6) is 5.75 Å². The predicted molar refractivity (Wildman–Crippen MR) is 99.1 cm³/mol. The Labute approximate surface area is 153 Å². The summed E-state index contributed by atoms with van der Waals surface area (Å²) in [4.78, 5) is 14.0. The van der Waals surface area contributed by atoms with Gasteiger partial charge in [-0.05, 0) is 63.3 Å². The number of nitrogens with zero attached hydrogens (tertiary/aromatic N) is 1. The number of halogens is 1. The highest BCUT2D eigenvalue weighted by Crippen LogP contribution is 2.22. The zero-order chi connectivity index (χ0) is 18.2. The number of nitrogens with one attached hydrogen (secondary N) is 1. The fraction of sp³-hybridized carbons (Fsp3) is 0.421. The summed E-state index contributed by atoms with van der Waals surface area (Å²) in [5, 5.41) is 3.65. The summed E-state index contributed by atoms with van der Waals surface area (Å²) in [6.45, 7) is 2.95. The van der Waals surface area contributed by atoms with Crippen molar-refractivity contribution in [1.29, 1.82) is 0 Å². The molecule has 0 aliphatic rings. The maximum atomic E-state index is 12.0. The van der Waals surface area contributed by atoms with Crippen LogP contribution >= 0.6 is 11.6 Å². The van der Waals surface area contributed by atoms with E-state index in [2.05, 4.69) is 5.32 Å². The molecule has 0 fully saturated rings. The summed E-state index contributed by atoms with van der Waals surface area (Å²) in [5.41, 5.74) is 0.990. The average molecular weight is 365 g/mol. The monoisotopic (exact) mass is 364 g/mol. The van der Waals surface area contributed by atoms with Gasteiger partial charge in [0.2, 0.25) is 5.91 Å². The van der Waals surface area contributed by atoms with Gasteiger partial charge >= 0.3 is 0 Å². The van der Waals surface area contributed by atoms with Gasteiger partial charge in [0.25, 0.3) is 0 Å². The first-order valence-electron chi connectivity index (χ1n) is 8.33. The first-order valence-corrected chi connectivity index (χ1v) is 8.70. The number of carbonyl (C=O) groups is 1. The first kappa shape index (κ1) is 19.3. The van der Waals surface area contributed by atoms with Gasteiger partial charge in [0, 0.05) is 18.0 Å². The Morgan fingerprint density at radius 3 is 2.80 bits per heavy atom. The van der Waals surface area contributed by atoms with Crippen molar-refractivity contribution < 1.29 is 13.9 Å². The van der Waals surface area contributed by atoms with Gasteiger partial charge in [-0.15, -0.1) is 0 Å². The second kappa shape index (κ2) is 9.49. The van der Waals surface area contributed by atoms with Crippen LogP contribution in [0.15, 0.2) is 41.0 Å².